The molecule has 2 heterocycles. The lowest BCUT2D eigenvalue weighted by molar-refractivity contribution is -0.139. The number of carbonyl (C=O) groups is 2. The van der Waals surface area contributed by atoms with Gasteiger partial charge in [-0.25, -0.2) is 0 Å². The van der Waals surface area contributed by atoms with Crippen molar-refractivity contribution in [3.05, 3.63) is 77.6 Å². The molecule has 0 spiro atoms. The highest BCUT2D eigenvalue weighted by Gasteiger charge is 2.46. The first kappa shape index (κ1) is 21.5. The van der Waals surface area contributed by atoms with Crippen molar-refractivity contribution in [3.63, 3.8) is 0 Å². The van der Waals surface area contributed by atoms with E-state index >= 15 is 0 Å². The summed E-state index contributed by atoms with van der Waals surface area (Å²) < 4.78 is 0. The van der Waals surface area contributed by atoms with E-state index in [2.05, 4.69) is 4.98 Å². The van der Waals surface area contributed by atoms with Gasteiger partial charge in [0.1, 0.15) is 11.5 Å². The number of carbonyl (C=O) groups excluding carboxylic acids is 2. The number of fused-ring (bicyclic) bond motifs is 1. The van der Waals surface area contributed by atoms with Gasteiger partial charge in [0.15, 0.2) is 0 Å². The Labute approximate surface area is 186 Å². The van der Waals surface area contributed by atoms with Gasteiger partial charge in [-0.1, -0.05) is 36.4 Å². The molecule has 1 aromatic heterocycles. The number of rotatable bonds is 6. The maximum atomic E-state index is 13.1. The molecule has 1 amide bonds. The van der Waals surface area contributed by atoms with Crippen LogP contribution in [0.2, 0.25) is 0 Å². The second-order valence-electron chi connectivity index (χ2n) is 8.12. The van der Waals surface area contributed by atoms with Crippen LogP contribution in [0, 0.1) is 0 Å². The normalized spacial score (nSPS) is 18.1. The SMILES string of the molecule is CN(C)CCCN1C(=O)C(=O)C(=C(O)c2ccc3ccccc3c2O)[C@H]1c1cccnc1. The lowest BCUT2D eigenvalue weighted by Gasteiger charge is -2.25. The molecule has 164 valence electrons. The van der Waals surface area contributed by atoms with Crippen molar-refractivity contribution in [2.24, 2.45) is 0 Å². The summed E-state index contributed by atoms with van der Waals surface area (Å²) in [6.07, 6.45) is 3.86. The van der Waals surface area contributed by atoms with E-state index in [0.717, 1.165) is 11.9 Å². The molecule has 7 heteroatoms. The highest BCUT2D eigenvalue weighted by Crippen LogP contribution is 2.41. The van der Waals surface area contributed by atoms with Gasteiger partial charge in [0.2, 0.25) is 0 Å². The van der Waals surface area contributed by atoms with Gasteiger partial charge < -0.3 is 20.0 Å². The minimum absolute atomic E-state index is 0.0431. The Morgan fingerprint density at radius 1 is 1.09 bits per heavy atom. The number of Topliss-reactive ketones (excluding diaryl/α,β-unsaturated/α-hetero) is 1. The summed E-state index contributed by atoms with van der Waals surface area (Å²) in [4.78, 5) is 33.6. The molecule has 2 aromatic carbocycles. The molecule has 1 atom stereocenters. The summed E-state index contributed by atoms with van der Waals surface area (Å²) in [5.74, 6) is -1.96. The van der Waals surface area contributed by atoms with E-state index in [1.807, 2.05) is 31.1 Å². The van der Waals surface area contributed by atoms with Gasteiger partial charge in [-0.15, -0.1) is 0 Å². The number of phenolic OH excluding ortho intramolecular Hbond substituents is 1. The zero-order valence-corrected chi connectivity index (χ0v) is 18.0. The molecule has 7 nitrogen and oxygen atoms in total. The molecule has 1 saturated heterocycles. The maximum Gasteiger partial charge on any atom is 0.295 e. The van der Waals surface area contributed by atoms with Crippen molar-refractivity contribution in [3.8, 4) is 5.75 Å². The Bertz CT molecular complexity index is 1200. The van der Waals surface area contributed by atoms with Gasteiger partial charge >= 0.3 is 0 Å². The molecular weight excluding hydrogens is 406 g/mol. The first-order valence-electron chi connectivity index (χ1n) is 10.4. The van der Waals surface area contributed by atoms with Gasteiger partial charge in [-0.3, -0.25) is 14.6 Å². The van der Waals surface area contributed by atoms with Crippen LogP contribution in [0.4, 0.5) is 0 Å². The number of likely N-dealkylation sites (tertiary alicyclic amines) is 1. The van der Waals surface area contributed by atoms with Crippen LogP contribution < -0.4 is 0 Å². The average molecular weight is 431 g/mol. The molecule has 0 unspecified atom stereocenters. The minimum Gasteiger partial charge on any atom is -0.507 e. The zero-order chi connectivity index (χ0) is 22.8. The van der Waals surface area contributed by atoms with Gasteiger partial charge in [0.25, 0.3) is 11.7 Å². The summed E-state index contributed by atoms with van der Waals surface area (Å²) in [5.41, 5.74) is 0.695. The molecule has 0 saturated carbocycles. The molecule has 0 radical (unpaired) electrons. The third kappa shape index (κ3) is 3.83. The maximum absolute atomic E-state index is 13.1. The van der Waals surface area contributed by atoms with Crippen LogP contribution in [0.25, 0.3) is 16.5 Å². The summed E-state index contributed by atoms with van der Waals surface area (Å²) in [7, 11) is 3.88. The van der Waals surface area contributed by atoms with E-state index < -0.39 is 23.5 Å². The second kappa shape index (κ2) is 8.80. The van der Waals surface area contributed by atoms with Crippen LogP contribution in [0.15, 0.2) is 66.5 Å². The zero-order valence-electron chi connectivity index (χ0n) is 18.0. The number of amides is 1. The predicted molar refractivity (Wildman–Crippen MR) is 122 cm³/mol. The van der Waals surface area contributed by atoms with Crippen LogP contribution in [0.5, 0.6) is 5.75 Å². The standard InChI is InChI=1S/C25H25N3O4/c1-27(2)13-6-14-28-21(17-8-5-12-26-15-17)20(24(31)25(28)32)23(30)19-11-10-16-7-3-4-9-18(16)22(19)29/h3-5,7-12,15,21,29-30H,6,13-14H2,1-2H3/t21-/m1/s1. The number of nitrogens with zero attached hydrogens (tertiary/aromatic N) is 3. The number of hydrogen-bond donors (Lipinski definition) is 2. The fourth-order valence-corrected chi connectivity index (χ4v) is 4.14. The Morgan fingerprint density at radius 3 is 2.59 bits per heavy atom. The summed E-state index contributed by atoms with van der Waals surface area (Å²) in [5, 5.41) is 23.4. The van der Waals surface area contributed by atoms with Gasteiger partial charge in [0.05, 0.1) is 17.2 Å². The molecule has 2 N–H and O–H groups in total. The van der Waals surface area contributed by atoms with Crippen molar-refractivity contribution in [2.75, 3.05) is 27.2 Å². The van der Waals surface area contributed by atoms with Crippen LogP contribution in [-0.4, -0.2) is 63.9 Å². The largest absolute Gasteiger partial charge is 0.507 e. The summed E-state index contributed by atoms with van der Waals surface area (Å²) >= 11 is 0. The van der Waals surface area contributed by atoms with E-state index in [1.165, 1.54) is 4.90 Å². The monoisotopic (exact) mass is 431 g/mol. The number of hydrogen-bond acceptors (Lipinski definition) is 6. The molecule has 4 rings (SSSR count). The molecule has 1 aliphatic rings. The third-order valence-electron chi connectivity index (χ3n) is 5.70. The van der Waals surface area contributed by atoms with Gasteiger partial charge in [-0.05, 0) is 50.1 Å². The predicted octanol–water partition coefficient (Wildman–Crippen LogP) is 3.31. The van der Waals surface area contributed by atoms with Crippen molar-refractivity contribution in [1.82, 2.24) is 14.8 Å². The molecule has 0 bridgehead atoms. The molecule has 3 aromatic rings. The summed E-state index contributed by atoms with van der Waals surface area (Å²) in [6, 6.07) is 13.3. The first-order valence-corrected chi connectivity index (χ1v) is 10.4. The number of pyridine rings is 1. The molecule has 32 heavy (non-hydrogen) atoms. The highest BCUT2D eigenvalue weighted by molar-refractivity contribution is 6.46. The first-order chi connectivity index (χ1) is 15.4. The van der Waals surface area contributed by atoms with Gasteiger partial charge in [0, 0.05) is 24.3 Å². The fraction of sp³-hybridized carbons (Fsp3) is 0.240. The topological polar surface area (TPSA) is 94.0 Å². The number of aromatic nitrogens is 1. The number of aromatic hydroxyl groups is 1. The van der Waals surface area contributed by atoms with Crippen LogP contribution >= 0.6 is 0 Å². The number of ketones is 1. The van der Waals surface area contributed by atoms with E-state index in [0.29, 0.717) is 23.9 Å². The van der Waals surface area contributed by atoms with E-state index in [4.69, 9.17) is 0 Å². The lowest BCUT2D eigenvalue weighted by Crippen LogP contribution is -2.32. The Kier molecular flexibility index (Phi) is 5.92. The van der Waals surface area contributed by atoms with Crippen molar-refractivity contribution in [1.29, 1.82) is 0 Å². The molecule has 1 fully saturated rings. The van der Waals surface area contributed by atoms with Gasteiger partial charge in [-0.2, -0.15) is 0 Å². The average Bonchev–Trinajstić information content (AvgIpc) is 3.04. The number of benzene rings is 2. The van der Waals surface area contributed by atoms with Crippen molar-refractivity contribution >= 4 is 28.2 Å². The molecule has 0 aliphatic carbocycles. The van der Waals surface area contributed by atoms with Crippen LogP contribution in [-0.2, 0) is 9.59 Å². The van der Waals surface area contributed by atoms with Crippen molar-refractivity contribution in [2.45, 2.75) is 12.5 Å². The number of aliphatic hydroxyl groups excluding tert-OH is 1. The van der Waals surface area contributed by atoms with E-state index in [9.17, 15) is 19.8 Å². The minimum atomic E-state index is -0.781. The fourth-order valence-electron chi connectivity index (χ4n) is 4.14. The Morgan fingerprint density at radius 2 is 1.88 bits per heavy atom. The Hall–Kier alpha value is -3.71. The second-order valence-corrected chi connectivity index (χ2v) is 8.12. The molecular formula is C25H25N3O4. The van der Waals surface area contributed by atoms with Crippen LogP contribution in [0.3, 0.4) is 0 Å². The van der Waals surface area contributed by atoms with E-state index in [-0.39, 0.29) is 16.9 Å². The lowest BCUT2D eigenvalue weighted by atomic mass is 9.94. The van der Waals surface area contributed by atoms with Crippen LogP contribution in [0.1, 0.15) is 23.6 Å². The van der Waals surface area contributed by atoms with Crippen molar-refractivity contribution < 1.29 is 19.8 Å². The van der Waals surface area contributed by atoms with E-state index in [1.54, 1.807) is 48.8 Å². The number of phenols is 1. The Balaban J connectivity index is 1.85. The number of aliphatic hydroxyl groups is 1. The highest BCUT2D eigenvalue weighted by atomic mass is 16.3. The quantitative estimate of drug-likeness (QED) is 0.353. The summed E-state index contributed by atoms with van der Waals surface area (Å²) in [6.45, 7) is 1.09. The third-order valence-corrected chi connectivity index (χ3v) is 5.70. The molecule has 1 aliphatic heterocycles. The smallest absolute Gasteiger partial charge is 0.295 e.